The number of morpholine rings is 1. The van der Waals surface area contributed by atoms with E-state index in [1.807, 2.05) is 13.8 Å². The van der Waals surface area contributed by atoms with Crippen LogP contribution in [0.25, 0.3) is 0 Å². The van der Waals surface area contributed by atoms with E-state index in [0.717, 1.165) is 32.8 Å². The van der Waals surface area contributed by atoms with E-state index in [0.29, 0.717) is 34.5 Å². The average Bonchev–Trinajstić information content (AvgIpc) is 3.25. The minimum absolute atomic E-state index is 0.101. The Balaban J connectivity index is 1.47. The zero-order valence-corrected chi connectivity index (χ0v) is 21.7. The standard InChI is InChI=1S/C24H32ClN5O4S/c1-17(2)14-30(23(33)18-3-5-19(25)6-4-18)15-22(32)28-24-27-20(16-35-24)13-21(31)26-7-8-29-9-11-34-12-10-29/h3-6,16-17H,7-15H2,1-2H3,(H,26,31)(H,27,28,32). The second-order valence-corrected chi connectivity index (χ2v) is 10.1. The number of aromatic nitrogens is 1. The predicted octanol–water partition coefficient (Wildman–Crippen LogP) is 2.52. The molecule has 1 aromatic carbocycles. The number of anilines is 1. The average molecular weight is 522 g/mol. The number of thiazole rings is 1. The van der Waals surface area contributed by atoms with Crippen molar-refractivity contribution in [1.29, 1.82) is 0 Å². The first-order chi connectivity index (χ1) is 16.8. The molecule has 2 N–H and O–H groups in total. The molecule has 0 radical (unpaired) electrons. The largest absolute Gasteiger partial charge is 0.379 e. The van der Waals surface area contributed by atoms with Crippen LogP contribution in [0.5, 0.6) is 0 Å². The first kappa shape index (κ1) is 27.1. The molecule has 0 unspecified atom stereocenters. The van der Waals surface area contributed by atoms with Crippen molar-refractivity contribution in [2.45, 2.75) is 20.3 Å². The summed E-state index contributed by atoms with van der Waals surface area (Å²) in [4.78, 5) is 45.9. The number of hydrogen-bond acceptors (Lipinski definition) is 7. The zero-order chi connectivity index (χ0) is 25.2. The van der Waals surface area contributed by atoms with E-state index in [1.165, 1.54) is 16.2 Å². The van der Waals surface area contributed by atoms with Gasteiger partial charge in [-0.25, -0.2) is 4.98 Å². The maximum Gasteiger partial charge on any atom is 0.254 e. The number of nitrogens with one attached hydrogen (secondary N) is 2. The van der Waals surface area contributed by atoms with E-state index in [4.69, 9.17) is 16.3 Å². The third kappa shape index (κ3) is 9.21. The maximum atomic E-state index is 12.9. The van der Waals surface area contributed by atoms with Gasteiger partial charge in [0.25, 0.3) is 5.91 Å². The molecule has 0 saturated carbocycles. The van der Waals surface area contributed by atoms with Gasteiger partial charge in [0.2, 0.25) is 11.8 Å². The quantitative estimate of drug-likeness (QED) is 0.471. The summed E-state index contributed by atoms with van der Waals surface area (Å²) in [5, 5.41) is 8.34. The fourth-order valence-corrected chi connectivity index (χ4v) is 4.47. The van der Waals surface area contributed by atoms with Gasteiger partial charge in [0.15, 0.2) is 5.13 Å². The van der Waals surface area contributed by atoms with Crippen LogP contribution in [0.15, 0.2) is 29.6 Å². The summed E-state index contributed by atoms with van der Waals surface area (Å²) in [5.74, 6) is -0.506. The lowest BCUT2D eigenvalue weighted by molar-refractivity contribution is -0.120. The summed E-state index contributed by atoms with van der Waals surface area (Å²) in [6, 6.07) is 6.60. The molecular weight excluding hydrogens is 490 g/mol. The molecule has 0 atom stereocenters. The summed E-state index contributed by atoms with van der Waals surface area (Å²) in [5.41, 5.74) is 1.06. The highest BCUT2D eigenvalue weighted by molar-refractivity contribution is 7.13. The van der Waals surface area contributed by atoms with Crippen molar-refractivity contribution >= 4 is 45.8 Å². The smallest absolute Gasteiger partial charge is 0.254 e. The minimum atomic E-state index is -0.344. The van der Waals surface area contributed by atoms with Crippen LogP contribution in [-0.4, -0.2) is 85.0 Å². The van der Waals surface area contributed by atoms with Crippen LogP contribution < -0.4 is 10.6 Å². The lowest BCUT2D eigenvalue weighted by Crippen LogP contribution is -2.41. The number of nitrogens with zero attached hydrogens (tertiary/aromatic N) is 3. The maximum absolute atomic E-state index is 12.9. The van der Waals surface area contributed by atoms with E-state index in [9.17, 15) is 14.4 Å². The van der Waals surface area contributed by atoms with Crippen molar-refractivity contribution in [3.8, 4) is 0 Å². The Morgan fingerprint density at radius 3 is 2.57 bits per heavy atom. The molecule has 11 heteroatoms. The molecule has 0 aliphatic carbocycles. The minimum Gasteiger partial charge on any atom is -0.379 e. The van der Waals surface area contributed by atoms with Gasteiger partial charge in [-0.05, 0) is 30.2 Å². The second-order valence-electron chi connectivity index (χ2n) is 8.76. The van der Waals surface area contributed by atoms with Crippen molar-refractivity contribution in [3.63, 3.8) is 0 Å². The summed E-state index contributed by atoms with van der Waals surface area (Å²) < 4.78 is 5.32. The number of rotatable bonds is 11. The van der Waals surface area contributed by atoms with Crippen LogP contribution in [0, 0.1) is 5.92 Å². The SMILES string of the molecule is CC(C)CN(CC(=O)Nc1nc(CC(=O)NCCN2CCOCC2)cs1)C(=O)c1ccc(Cl)cc1. The number of hydrogen-bond donors (Lipinski definition) is 2. The highest BCUT2D eigenvalue weighted by Crippen LogP contribution is 2.17. The molecule has 35 heavy (non-hydrogen) atoms. The Hall–Kier alpha value is -2.53. The van der Waals surface area contributed by atoms with Crippen LogP contribution in [0.3, 0.4) is 0 Å². The van der Waals surface area contributed by atoms with Crippen LogP contribution in [0.2, 0.25) is 5.02 Å². The highest BCUT2D eigenvalue weighted by Gasteiger charge is 2.21. The molecule has 0 spiro atoms. The summed E-state index contributed by atoms with van der Waals surface area (Å²) in [6.45, 7) is 8.87. The van der Waals surface area contributed by atoms with Gasteiger partial charge in [-0.15, -0.1) is 11.3 Å². The molecule has 1 aliphatic heterocycles. The highest BCUT2D eigenvalue weighted by atomic mass is 35.5. The number of carbonyl (C=O) groups is 3. The molecule has 2 aromatic rings. The lowest BCUT2D eigenvalue weighted by Gasteiger charge is -2.26. The first-order valence-corrected chi connectivity index (χ1v) is 12.9. The normalized spacial score (nSPS) is 14.1. The fraction of sp³-hybridized carbons (Fsp3) is 0.500. The monoisotopic (exact) mass is 521 g/mol. The number of ether oxygens (including phenoxy) is 1. The Morgan fingerprint density at radius 1 is 1.17 bits per heavy atom. The third-order valence-electron chi connectivity index (χ3n) is 5.29. The summed E-state index contributed by atoms with van der Waals surface area (Å²) >= 11 is 7.17. The number of carbonyl (C=O) groups excluding carboxylic acids is 3. The molecule has 1 aliphatic rings. The molecular formula is C24H32ClN5O4S. The van der Waals surface area contributed by atoms with Crippen LogP contribution in [0.4, 0.5) is 5.13 Å². The Bertz CT molecular complexity index is 992. The summed E-state index contributed by atoms with van der Waals surface area (Å²) in [6.07, 6.45) is 0.143. The van der Waals surface area contributed by atoms with E-state index < -0.39 is 0 Å². The number of halogens is 1. The van der Waals surface area contributed by atoms with E-state index in [1.54, 1.807) is 29.6 Å². The lowest BCUT2D eigenvalue weighted by atomic mass is 10.1. The Kier molecular flexibility index (Phi) is 10.5. The molecule has 1 aromatic heterocycles. The first-order valence-electron chi connectivity index (χ1n) is 11.7. The topological polar surface area (TPSA) is 104 Å². The van der Waals surface area contributed by atoms with Crippen molar-refractivity contribution in [2.24, 2.45) is 5.92 Å². The molecule has 1 saturated heterocycles. The molecule has 9 nitrogen and oxygen atoms in total. The van der Waals surface area contributed by atoms with Gasteiger partial charge in [-0.3, -0.25) is 19.3 Å². The molecule has 3 amide bonds. The number of amides is 3. The molecule has 0 bridgehead atoms. The fourth-order valence-electron chi connectivity index (χ4n) is 3.62. The zero-order valence-electron chi connectivity index (χ0n) is 20.1. The van der Waals surface area contributed by atoms with Crippen LogP contribution >= 0.6 is 22.9 Å². The third-order valence-corrected chi connectivity index (χ3v) is 6.35. The Morgan fingerprint density at radius 2 is 1.89 bits per heavy atom. The van der Waals surface area contributed by atoms with Crippen molar-refractivity contribution in [1.82, 2.24) is 20.1 Å². The van der Waals surface area contributed by atoms with Gasteiger partial charge in [0.05, 0.1) is 25.3 Å². The molecule has 1 fully saturated rings. The van der Waals surface area contributed by atoms with Gasteiger partial charge in [0, 0.05) is 48.7 Å². The van der Waals surface area contributed by atoms with Crippen molar-refractivity contribution in [3.05, 3.63) is 45.9 Å². The van der Waals surface area contributed by atoms with Gasteiger partial charge in [-0.2, -0.15) is 0 Å². The van der Waals surface area contributed by atoms with Gasteiger partial charge in [-0.1, -0.05) is 25.4 Å². The summed E-state index contributed by atoms with van der Waals surface area (Å²) in [7, 11) is 0. The Labute approximate surface area is 214 Å². The van der Waals surface area contributed by atoms with E-state index in [-0.39, 0.29) is 36.6 Å². The van der Waals surface area contributed by atoms with Gasteiger partial charge < -0.3 is 20.3 Å². The van der Waals surface area contributed by atoms with Crippen molar-refractivity contribution in [2.75, 3.05) is 57.8 Å². The predicted molar refractivity (Wildman–Crippen MR) is 137 cm³/mol. The molecule has 3 rings (SSSR count). The van der Waals surface area contributed by atoms with Crippen LogP contribution in [-0.2, 0) is 20.7 Å². The van der Waals surface area contributed by atoms with Crippen LogP contribution in [0.1, 0.15) is 29.9 Å². The van der Waals surface area contributed by atoms with Crippen molar-refractivity contribution < 1.29 is 19.1 Å². The molecule has 190 valence electrons. The number of benzene rings is 1. The molecule has 2 heterocycles. The van der Waals surface area contributed by atoms with E-state index >= 15 is 0 Å². The van der Waals surface area contributed by atoms with E-state index in [2.05, 4.69) is 20.5 Å². The second kappa shape index (κ2) is 13.5. The van der Waals surface area contributed by atoms with Gasteiger partial charge >= 0.3 is 0 Å². The van der Waals surface area contributed by atoms with Gasteiger partial charge in [0.1, 0.15) is 6.54 Å².